The van der Waals surface area contributed by atoms with Crippen LogP contribution in [-0.2, 0) is 11.3 Å². The highest BCUT2D eigenvalue weighted by Crippen LogP contribution is 2.08. The molecule has 0 atom stereocenters. The van der Waals surface area contributed by atoms with E-state index in [0.29, 0.717) is 11.7 Å². The van der Waals surface area contributed by atoms with Crippen molar-refractivity contribution in [3.05, 3.63) is 35.1 Å². The summed E-state index contributed by atoms with van der Waals surface area (Å²) in [5, 5.41) is 3.32. The molecule has 0 fully saturated rings. The molecule has 0 amide bonds. The molecular weight excluding hydrogens is 217 g/mol. The Bertz CT molecular complexity index is 339. The van der Waals surface area contributed by atoms with Crippen molar-refractivity contribution in [3.63, 3.8) is 0 Å². The van der Waals surface area contributed by atoms with E-state index in [9.17, 15) is 4.39 Å². The van der Waals surface area contributed by atoms with Crippen molar-refractivity contribution in [1.29, 1.82) is 0 Å². The zero-order valence-corrected chi connectivity index (χ0v) is 10.9. The molecule has 0 unspecified atom stereocenters. The highest BCUT2D eigenvalue weighted by Gasteiger charge is 1.98. The predicted molar refractivity (Wildman–Crippen MR) is 68.5 cm³/mol. The van der Waals surface area contributed by atoms with Gasteiger partial charge in [0.2, 0.25) is 0 Å². The van der Waals surface area contributed by atoms with Crippen LogP contribution in [0.25, 0.3) is 0 Å². The predicted octanol–water partition coefficient (Wildman–Crippen LogP) is 3.04. The number of nitrogens with one attached hydrogen (secondary N) is 1. The third-order valence-corrected chi connectivity index (χ3v) is 2.50. The molecule has 0 aromatic heterocycles. The third kappa shape index (κ3) is 5.80. The van der Waals surface area contributed by atoms with Crippen molar-refractivity contribution in [2.45, 2.75) is 39.8 Å². The number of hydrogen-bond acceptors (Lipinski definition) is 2. The maximum absolute atomic E-state index is 13.0. The summed E-state index contributed by atoms with van der Waals surface area (Å²) >= 11 is 0. The van der Waals surface area contributed by atoms with Crippen LogP contribution in [0.4, 0.5) is 4.39 Å². The molecule has 3 heteroatoms. The molecule has 1 rings (SSSR count). The van der Waals surface area contributed by atoms with Gasteiger partial charge >= 0.3 is 0 Å². The second-order valence-electron chi connectivity index (χ2n) is 4.53. The number of aryl methyl sites for hydroxylation is 1. The second kappa shape index (κ2) is 7.41. The van der Waals surface area contributed by atoms with E-state index in [-0.39, 0.29) is 5.82 Å². The summed E-state index contributed by atoms with van der Waals surface area (Å²) in [5.41, 5.74) is 1.82. The molecule has 1 aromatic carbocycles. The summed E-state index contributed by atoms with van der Waals surface area (Å²) in [6.45, 7) is 8.35. The van der Waals surface area contributed by atoms with E-state index in [1.807, 2.05) is 26.0 Å². The Morgan fingerprint density at radius 1 is 1.35 bits per heavy atom. The van der Waals surface area contributed by atoms with Crippen molar-refractivity contribution in [2.24, 2.45) is 0 Å². The van der Waals surface area contributed by atoms with Gasteiger partial charge in [-0.15, -0.1) is 0 Å². The van der Waals surface area contributed by atoms with E-state index >= 15 is 0 Å². The van der Waals surface area contributed by atoms with Crippen molar-refractivity contribution in [1.82, 2.24) is 5.32 Å². The first kappa shape index (κ1) is 14.1. The number of halogens is 1. The summed E-state index contributed by atoms with van der Waals surface area (Å²) in [5.74, 6) is -0.140. The van der Waals surface area contributed by atoms with E-state index < -0.39 is 0 Å². The smallest absolute Gasteiger partial charge is 0.126 e. The number of benzene rings is 1. The van der Waals surface area contributed by atoms with E-state index in [1.54, 1.807) is 6.92 Å². The van der Waals surface area contributed by atoms with Crippen molar-refractivity contribution in [3.8, 4) is 0 Å². The zero-order chi connectivity index (χ0) is 12.7. The molecule has 1 N–H and O–H groups in total. The molecule has 0 aliphatic heterocycles. The average molecular weight is 239 g/mol. The zero-order valence-electron chi connectivity index (χ0n) is 10.9. The van der Waals surface area contributed by atoms with Crippen LogP contribution >= 0.6 is 0 Å². The first-order valence-electron chi connectivity index (χ1n) is 6.17. The monoisotopic (exact) mass is 239 g/mol. The summed E-state index contributed by atoms with van der Waals surface area (Å²) < 4.78 is 18.5. The lowest BCUT2D eigenvalue weighted by molar-refractivity contribution is 0.0770. The number of rotatable bonds is 7. The van der Waals surface area contributed by atoms with Crippen molar-refractivity contribution >= 4 is 0 Å². The first-order valence-corrected chi connectivity index (χ1v) is 6.17. The lowest BCUT2D eigenvalue weighted by Gasteiger charge is -2.08. The molecule has 0 saturated carbocycles. The SMILES string of the molecule is Cc1cc(CNCCCOC(C)C)ccc1F. The Kier molecular flexibility index (Phi) is 6.16. The minimum atomic E-state index is -0.140. The fraction of sp³-hybridized carbons (Fsp3) is 0.571. The van der Waals surface area contributed by atoms with Crippen molar-refractivity contribution in [2.75, 3.05) is 13.2 Å². The minimum Gasteiger partial charge on any atom is -0.379 e. The first-order chi connectivity index (χ1) is 8.09. The van der Waals surface area contributed by atoms with Crippen LogP contribution in [0.3, 0.4) is 0 Å². The van der Waals surface area contributed by atoms with E-state index in [1.165, 1.54) is 6.07 Å². The average Bonchev–Trinajstić information content (AvgIpc) is 2.27. The normalized spacial score (nSPS) is 11.1. The lowest BCUT2D eigenvalue weighted by atomic mass is 10.1. The second-order valence-corrected chi connectivity index (χ2v) is 4.53. The van der Waals surface area contributed by atoms with Gasteiger partial charge in [-0.3, -0.25) is 0 Å². The Morgan fingerprint density at radius 3 is 2.76 bits per heavy atom. The van der Waals surface area contributed by atoms with Gasteiger partial charge < -0.3 is 10.1 Å². The fourth-order valence-corrected chi connectivity index (χ4v) is 1.57. The van der Waals surface area contributed by atoms with E-state index in [2.05, 4.69) is 5.32 Å². The van der Waals surface area contributed by atoms with Gasteiger partial charge in [0.25, 0.3) is 0 Å². The fourth-order valence-electron chi connectivity index (χ4n) is 1.57. The van der Waals surface area contributed by atoms with Gasteiger partial charge in [0.05, 0.1) is 6.10 Å². The molecule has 0 saturated heterocycles. The van der Waals surface area contributed by atoms with Gasteiger partial charge in [-0.05, 0) is 50.9 Å². The van der Waals surface area contributed by atoms with Crippen molar-refractivity contribution < 1.29 is 9.13 Å². The van der Waals surface area contributed by atoms with Gasteiger partial charge in [-0.1, -0.05) is 12.1 Å². The number of ether oxygens (including phenoxy) is 1. The van der Waals surface area contributed by atoms with Crippen LogP contribution in [0.5, 0.6) is 0 Å². The molecular formula is C14H22FNO. The van der Waals surface area contributed by atoms with Crippen LogP contribution in [0, 0.1) is 12.7 Å². The van der Waals surface area contributed by atoms with Gasteiger partial charge in [0, 0.05) is 13.2 Å². The Morgan fingerprint density at radius 2 is 2.12 bits per heavy atom. The molecule has 0 spiro atoms. The maximum atomic E-state index is 13.0. The molecule has 0 heterocycles. The van der Waals surface area contributed by atoms with Crippen LogP contribution in [0.15, 0.2) is 18.2 Å². The summed E-state index contributed by atoms with van der Waals surface area (Å²) in [7, 11) is 0. The standard InChI is InChI=1S/C14H22FNO/c1-11(2)17-8-4-7-16-10-13-5-6-14(15)12(3)9-13/h5-6,9,11,16H,4,7-8,10H2,1-3H3. The summed E-state index contributed by atoms with van der Waals surface area (Å²) in [6.07, 6.45) is 1.30. The quantitative estimate of drug-likeness (QED) is 0.738. The molecule has 96 valence electrons. The van der Waals surface area contributed by atoms with Crippen LogP contribution in [-0.4, -0.2) is 19.3 Å². The van der Waals surface area contributed by atoms with E-state index in [0.717, 1.165) is 31.7 Å². The Hall–Kier alpha value is -0.930. The van der Waals surface area contributed by atoms with Crippen LogP contribution in [0.2, 0.25) is 0 Å². The van der Waals surface area contributed by atoms with Gasteiger partial charge in [0.15, 0.2) is 0 Å². The van der Waals surface area contributed by atoms with Gasteiger partial charge in [-0.25, -0.2) is 4.39 Å². The molecule has 2 nitrogen and oxygen atoms in total. The maximum Gasteiger partial charge on any atom is 0.126 e. The van der Waals surface area contributed by atoms with Crippen LogP contribution < -0.4 is 5.32 Å². The number of hydrogen-bond donors (Lipinski definition) is 1. The highest BCUT2D eigenvalue weighted by atomic mass is 19.1. The molecule has 17 heavy (non-hydrogen) atoms. The molecule has 0 radical (unpaired) electrons. The summed E-state index contributed by atoms with van der Waals surface area (Å²) in [4.78, 5) is 0. The lowest BCUT2D eigenvalue weighted by Crippen LogP contribution is -2.17. The largest absolute Gasteiger partial charge is 0.379 e. The Labute approximate surface area is 103 Å². The Balaban J connectivity index is 2.16. The summed E-state index contributed by atoms with van der Waals surface area (Å²) in [6, 6.07) is 5.22. The van der Waals surface area contributed by atoms with Gasteiger partial charge in [0.1, 0.15) is 5.82 Å². The van der Waals surface area contributed by atoms with E-state index in [4.69, 9.17) is 4.74 Å². The minimum absolute atomic E-state index is 0.140. The highest BCUT2D eigenvalue weighted by molar-refractivity contribution is 5.23. The molecule has 1 aromatic rings. The molecule has 0 aliphatic rings. The van der Waals surface area contributed by atoms with Crippen LogP contribution in [0.1, 0.15) is 31.4 Å². The third-order valence-electron chi connectivity index (χ3n) is 2.50. The van der Waals surface area contributed by atoms with Gasteiger partial charge in [-0.2, -0.15) is 0 Å². The molecule has 0 aliphatic carbocycles. The molecule has 0 bridgehead atoms. The topological polar surface area (TPSA) is 21.3 Å².